The minimum atomic E-state index is 0.659. The maximum absolute atomic E-state index is 6.09. The first-order valence-corrected chi connectivity index (χ1v) is 11.1. The van der Waals surface area contributed by atoms with Crippen molar-refractivity contribution in [3.63, 3.8) is 0 Å². The summed E-state index contributed by atoms with van der Waals surface area (Å²) in [5.41, 5.74) is 3.89. The third-order valence-corrected chi connectivity index (χ3v) is 8.05. The molecule has 0 aromatic heterocycles. The molecule has 1 aromatic carbocycles. The highest BCUT2D eigenvalue weighted by Gasteiger charge is 2.50. The molecule has 3 aliphatic carbocycles. The molecule has 0 spiro atoms. The minimum absolute atomic E-state index is 0.659. The van der Waals surface area contributed by atoms with Gasteiger partial charge >= 0.3 is 0 Å². The number of benzene rings is 1. The van der Waals surface area contributed by atoms with Crippen molar-refractivity contribution in [2.75, 3.05) is 26.2 Å². The number of hydrogen-bond acceptors (Lipinski definition) is 2. The molecule has 0 saturated heterocycles. The molecule has 0 heterocycles. The Hall–Kier alpha value is -1.02. The van der Waals surface area contributed by atoms with Gasteiger partial charge in [0.15, 0.2) is 0 Å². The van der Waals surface area contributed by atoms with Crippen LogP contribution in [-0.4, -0.2) is 31.1 Å². The Bertz CT molecular complexity index is 623. The van der Waals surface area contributed by atoms with Crippen LogP contribution < -0.4 is 4.74 Å². The summed E-state index contributed by atoms with van der Waals surface area (Å²) in [5, 5.41) is 0. The van der Waals surface area contributed by atoms with Crippen LogP contribution in [0.4, 0.5) is 0 Å². The van der Waals surface area contributed by atoms with Gasteiger partial charge in [0, 0.05) is 6.54 Å². The lowest BCUT2D eigenvalue weighted by atomic mass is 9.56. The molecule has 0 radical (unpaired) electrons. The molecule has 2 fully saturated rings. The molecule has 4 atom stereocenters. The van der Waals surface area contributed by atoms with Gasteiger partial charge in [-0.05, 0) is 98.0 Å². The third-order valence-electron chi connectivity index (χ3n) is 8.05. The average molecular weight is 356 g/mol. The van der Waals surface area contributed by atoms with Gasteiger partial charge in [-0.25, -0.2) is 0 Å². The first kappa shape index (κ1) is 18.3. The van der Waals surface area contributed by atoms with Crippen molar-refractivity contribution in [3.8, 4) is 5.75 Å². The number of likely N-dealkylation sites (N-methyl/N-ethyl adjacent to an activating group) is 1. The summed E-state index contributed by atoms with van der Waals surface area (Å²) in [6.45, 7) is 11.1. The standard InChI is InChI=1S/C24H37NO/c1-4-25(5-2)15-16-26-19-9-11-20-18(17-19)8-10-22-21(20)12-14-24(3)13-6-7-23(22)24/h9,11,17,21-23H,4-8,10,12-16H2,1-3H3/t21?,22?,23?,24-/m0/s1. The second kappa shape index (κ2) is 7.54. The second-order valence-corrected chi connectivity index (χ2v) is 9.24. The van der Waals surface area contributed by atoms with E-state index in [1.54, 1.807) is 11.1 Å². The number of aryl methyl sites for hydroxylation is 1. The van der Waals surface area contributed by atoms with Crippen LogP contribution in [0.15, 0.2) is 18.2 Å². The minimum Gasteiger partial charge on any atom is -0.492 e. The van der Waals surface area contributed by atoms with Crippen LogP contribution in [0.2, 0.25) is 0 Å². The molecule has 0 aliphatic heterocycles. The molecule has 144 valence electrons. The van der Waals surface area contributed by atoms with Crippen molar-refractivity contribution in [1.82, 2.24) is 4.90 Å². The van der Waals surface area contributed by atoms with Gasteiger partial charge in [0.2, 0.25) is 0 Å². The first-order chi connectivity index (χ1) is 12.6. The number of fused-ring (bicyclic) bond motifs is 5. The summed E-state index contributed by atoms with van der Waals surface area (Å²) in [6.07, 6.45) is 9.95. The number of nitrogens with zero attached hydrogens (tertiary/aromatic N) is 1. The van der Waals surface area contributed by atoms with E-state index in [-0.39, 0.29) is 0 Å². The fourth-order valence-corrected chi connectivity index (χ4v) is 6.47. The van der Waals surface area contributed by atoms with Crippen LogP contribution >= 0.6 is 0 Å². The number of hydrogen-bond donors (Lipinski definition) is 0. The van der Waals surface area contributed by atoms with Crippen molar-refractivity contribution in [2.24, 2.45) is 17.3 Å². The lowest BCUT2D eigenvalue weighted by molar-refractivity contribution is 0.0598. The van der Waals surface area contributed by atoms with Crippen molar-refractivity contribution >= 4 is 0 Å². The van der Waals surface area contributed by atoms with Crippen LogP contribution in [0.1, 0.15) is 76.3 Å². The van der Waals surface area contributed by atoms with Crippen molar-refractivity contribution in [1.29, 1.82) is 0 Å². The summed E-state index contributed by atoms with van der Waals surface area (Å²) in [4.78, 5) is 2.42. The van der Waals surface area contributed by atoms with E-state index < -0.39 is 0 Å². The summed E-state index contributed by atoms with van der Waals surface area (Å²) >= 11 is 0. The summed E-state index contributed by atoms with van der Waals surface area (Å²) in [5.74, 6) is 3.83. The molecule has 26 heavy (non-hydrogen) atoms. The Morgan fingerprint density at radius 1 is 1.12 bits per heavy atom. The number of rotatable bonds is 6. The van der Waals surface area contributed by atoms with Gasteiger partial charge in [0.1, 0.15) is 12.4 Å². The molecule has 3 aliphatic rings. The topological polar surface area (TPSA) is 12.5 Å². The van der Waals surface area contributed by atoms with Gasteiger partial charge in [-0.3, -0.25) is 0 Å². The molecule has 1 aromatic rings. The fraction of sp³-hybridized carbons (Fsp3) is 0.750. The molecular weight excluding hydrogens is 318 g/mol. The Morgan fingerprint density at radius 3 is 2.77 bits per heavy atom. The summed E-state index contributed by atoms with van der Waals surface area (Å²) in [7, 11) is 0. The lowest BCUT2D eigenvalue weighted by Crippen LogP contribution is -2.39. The Balaban J connectivity index is 1.44. The van der Waals surface area contributed by atoms with Crippen molar-refractivity contribution < 1.29 is 4.74 Å². The summed E-state index contributed by atoms with van der Waals surface area (Å²) in [6, 6.07) is 7.01. The monoisotopic (exact) mass is 355 g/mol. The quantitative estimate of drug-likeness (QED) is 0.653. The van der Waals surface area contributed by atoms with E-state index in [4.69, 9.17) is 4.74 Å². The van der Waals surface area contributed by atoms with E-state index >= 15 is 0 Å². The van der Waals surface area contributed by atoms with E-state index in [0.717, 1.165) is 49.7 Å². The highest BCUT2D eigenvalue weighted by atomic mass is 16.5. The van der Waals surface area contributed by atoms with Gasteiger partial charge in [-0.1, -0.05) is 33.3 Å². The van der Waals surface area contributed by atoms with Crippen molar-refractivity contribution in [2.45, 2.75) is 71.6 Å². The molecule has 2 saturated carbocycles. The van der Waals surface area contributed by atoms with Gasteiger partial charge < -0.3 is 9.64 Å². The SMILES string of the molecule is CCN(CC)CCOc1ccc2c(c1)CCC1C2CC[C@]2(C)CCCC12. The van der Waals surface area contributed by atoms with Gasteiger partial charge in [0.25, 0.3) is 0 Å². The second-order valence-electron chi connectivity index (χ2n) is 9.24. The molecule has 2 nitrogen and oxygen atoms in total. The Morgan fingerprint density at radius 2 is 1.96 bits per heavy atom. The Kier molecular flexibility index (Phi) is 5.32. The predicted molar refractivity (Wildman–Crippen MR) is 109 cm³/mol. The van der Waals surface area contributed by atoms with Gasteiger partial charge in [-0.2, -0.15) is 0 Å². The maximum Gasteiger partial charge on any atom is 0.119 e. The van der Waals surface area contributed by atoms with E-state index in [9.17, 15) is 0 Å². The predicted octanol–water partition coefficient (Wildman–Crippen LogP) is 5.65. The highest BCUT2D eigenvalue weighted by Crippen LogP contribution is 2.60. The zero-order valence-electron chi connectivity index (χ0n) is 17.1. The van der Waals surface area contributed by atoms with Crippen molar-refractivity contribution in [3.05, 3.63) is 29.3 Å². The van der Waals surface area contributed by atoms with Crippen LogP contribution in [0.25, 0.3) is 0 Å². The van der Waals surface area contributed by atoms with E-state index in [2.05, 4.69) is 43.9 Å². The fourth-order valence-electron chi connectivity index (χ4n) is 6.47. The van der Waals surface area contributed by atoms with Crippen LogP contribution in [-0.2, 0) is 6.42 Å². The summed E-state index contributed by atoms with van der Waals surface area (Å²) < 4.78 is 6.09. The smallest absolute Gasteiger partial charge is 0.119 e. The molecular formula is C24H37NO. The van der Waals surface area contributed by atoms with Gasteiger partial charge in [-0.15, -0.1) is 0 Å². The Labute approximate surface area is 160 Å². The highest BCUT2D eigenvalue weighted by molar-refractivity contribution is 5.40. The molecule has 2 heteroatoms. The van der Waals surface area contributed by atoms with Gasteiger partial charge in [0.05, 0.1) is 0 Å². The lowest BCUT2D eigenvalue weighted by Gasteiger charge is -2.49. The van der Waals surface area contributed by atoms with Crippen LogP contribution in [0.5, 0.6) is 5.75 Å². The van der Waals surface area contributed by atoms with Crippen LogP contribution in [0, 0.1) is 17.3 Å². The molecule has 4 rings (SSSR count). The largest absolute Gasteiger partial charge is 0.492 e. The zero-order valence-corrected chi connectivity index (χ0v) is 17.1. The van der Waals surface area contributed by atoms with E-state index in [0.29, 0.717) is 5.41 Å². The molecule has 0 N–H and O–H groups in total. The van der Waals surface area contributed by atoms with E-state index in [1.165, 1.54) is 44.9 Å². The van der Waals surface area contributed by atoms with E-state index in [1.807, 2.05) is 0 Å². The first-order valence-electron chi connectivity index (χ1n) is 11.1. The normalized spacial score (nSPS) is 32.8. The molecule has 0 bridgehead atoms. The maximum atomic E-state index is 6.09. The third kappa shape index (κ3) is 3.30. The molecule has 3 unspecified atom stereocenters. The van der Waals surface area contributed by atoms with Crippen LogP contribution in [0.3, 0.4) is 0 Å². The average Bonchev–Trinajstić information content (AvgIpc) is 3.06. The molecule has 0 amide bonds. The zero-order chi connectivity index (χ0) is 18.1. The number of ether oxygens (including phenoxy) is 1.